The van der Waals surface area contributed by atoms with Crippen LogP contribution in [-0.2, 0) is 0 Å². The molecule has 3 rings (SSSR count). The van der Waals surface area contributed by atoms with Gasteiger partial charge in [-0.05, 0) is 19.3 Å². The van der Waals surface area contributed by atoms with E-state index in [4.69, 9.17) is 0 Å². The Labute approximate surface area is 145 Å². The lowest BCUT2D eigenvalue weighted by Crippen LogP contribution is -2.47. The van der Waals surface area contributed by atoms with Crippen molar-refractivity contribution < 1.29 is 0 Å². The summed E-state index contributed by atoms with van der Waals surface area (Å²) >= 11 is 2.07. The first-order valence-corrected chi connectivity index (χ1v) is 10.5. The summed E-state index contributed by atoms with van der Waals surface area (Å²) in [5.74, 6) is 3.55. The van der Waals surface area contributed by atoms with Crippen LogP contribution in [0.15, 0.2) is 4.99 Å². The monoisotopic (exact) mass is 339 g/mol. The van der Waals surface area contributed by atoms with Crippen LogP contribution in [0.2, 0.25) is 0 Å². The van der Waals surface area contributed by atoms with Gasteiger partial charge in [0.15, 0.2) is 5.96 Å². The number of aliphatic imine (C=N–C) groups is 1. The summed E-state index contributed by atoms with van der Waals surface area (Å²) in [5, 5.41) is 7.13. The van der Waals surface area contributed by atoms with E-state index in [1.165, 1.54) is 69.8 Å². The van der Waals surface area contributed by atoms with Crippen molar-refractivity contribution >= 4 is 17.7 Å². The molecule has 3 fully saturated rings. The third kappa shape index (κ3) is 5.26. The molecule has 1 unspecified atom stereocenters. The molecular formula is C17H33N5S. The Hall–Kier alpha value is -0.460. The van der Waals surface area contributed by atoms with Crippen LogP contribution in [-0.4, -0.2) is 85.7 Å². The lowest BCUT2D eigenvalue weighted by atomic mass is 10.2. The van der Waals surface area contributed by atoms with Crippen molar-refractivity contribution in [3.8, 4) is 0 Å². The van der Waals surface area contributed by atoms with Crippen LogP contribution in [0.5, 0.6) is 0 Å². The predicted molar refractivity (Wildman–Crippen MR) is 100 cm³/mol. The van der Waals surface area contributed by atoms with Crippen molar-refractivity contribution in [1.82, 2.24) is 20.4 Å². The summed E-state index contributed by atoms with van der Waals surface area (Å²) in [6.07, 6.45) is 6.93. The molecule has 2 heterocycles. The van der Waals surface area contributed by atoms with Gasteiger partial charge in [0, 0.05) is 69.9 Å². The second-order valence-electron chi connectivity index (χ2n) is 7.02. The molecule has 3 aliphatic rings. The highest BCUT2D eigenvalue weighted by molar-refractivity contribution is 7.99. The Morgan fingerprint density at radius 3 is 2.65 bits per heavy atom. The van der Waals surface area contributed by atoms with Crippen LogP contribution >= 0.6 is 11.8 Å². The molecule has 2 saturated heterocycles. The molecule has 23 heavy (non-hydrogen) atoms. The van der Waals surface area contributed by atoms with E-state index in [0.29, 0.717) is 6.04 Å². The molecule has 0 bridgehead atoms. The SMILES string of the molecule is CN=C(NCCN1CCSCC1)NC1CCN(C2CCCC2)C1. The van der Waals surface area contributed by atoms with Crippen LogP contribution in [0.3, 0.4) is 0 Å². The Morgan fingerprint density at radius 2 is 1.91 bits per heavy atom. The van der Waals surface area contributed by atoms with E-state index in [1.54, 1.807) is 0 Å². The number of rotatable bonds is 5. The average molecular weight is 340 g/mol. The number of likely N-dealkylation sites (tertiary alicyclic amines) is 1. The molecule has 0 spiro atoms. The molecule has 0 amide bonds. The number of nitrogens with one attached hydrogen (secondary N) is 2. The zero-order chi connectivity index (χ0) is 15.9. The smallest absolute Gasteiger partial charge is 0.191 e. The Bertz CT molecular complexity index is 377. The summed E-state index contributed by atoms with van der Waals surface area (Å²) in [5.41, 5.74) is 0. The Morgan fingerprint density at radius 1 is 1.13 bits per heavy atom. The fourth-order valence-corrected chi connectivity index (χ4v) is 5.03. The molecule has 1 aliphatic carbocycles. The van der Waals surface area contributed by atoms with Gasteiger partial charge in [-0.3, -0.25) is 14.8 Å². The highest BCUT2D eigenvalue weighted by atomic mass is 32.2. The zero-order valence-electron chi connectivity index (χ0n) is 14.6. The lowest BCUT2D eigenvalue weighted by Gasteiger charge is -2.27. The van der Waals surface area contributed by atoms with E-state index in [1.807, 2.05) is 7.05 Å². The minimum absolute atomic E-state index is 0.563. The van der Waals surface area contributed by atoms with Crippen molar-refractivity contribution in [3.63, 3.8) is 0 Å². The van der Waals surface area contributed by atoms with E-state index in [2.05, 4.69) is 37.2 Å². The fraction of sp³-hybridized carbons (Fsp3) is 0.941. The summed E-state index contributed by atoms with van der Waals surface area (Å²) < 4.78 is 0. The Kier molecular flexibility index (Phi) is 6.90. The number of hydrogen-bond acceptors (Lipinski definition) is 4. The van der Waals surface area contributed by atoms with Gasteiger partial charge in [0.25, 0.3) is 0 Å². The summed E-state index contributed by atoms with van der Waals surface area (Å²) in [6, 6.07) is 1.42. The fourth-order valence-electron chi connectivity index (χ4n) is 4.05. The first kappa shape index (κ1) is 17.4. The topological polar surface area (TPSA) is 42.9 Å². The third-order valence-electron chi connectivity index (χ3n) is 5.45. The predicted octanol–water partition coefficient (Wildman–Crippen LogP) is 1.22. The van der Waals surface area contributed by atoms with Crippen LogP contribution in [0.1, 0.15) is 32.1 Å². The van der Waals surface area contributed by atoms with Crippen molar-refractivity contribution in [2.45, 2.75) is 44.2 Å². The summed E-state index contributed by atoms with van der Waals surface area (Å²) in [4.78, 5) is 9.66. The van der Waals surface area contributed by atoms with Gasteiger partial charge in [0.2, 0.25) is 0 Å². The van der Waals surface area contributed by atoms with Crippen molar-refractivity contribution in [3.05, 3.63) is 0 Å². The maximum atomic E-state index is 4.41. The minimum Gasteiger partial charge on any atom is -0.355 e. The number of nitrogens with zero attached hydrogens (tertiary/aromatic N) is 3. The number of thioether (sulfide) groups is 1. The molecular weight excluding hydrogens is 306 g/mol. The van der Waals surface area contributed by atoms with Gasteiger partial charge in [0.05, 0.1) is 0 Å². The lowest BCUT2D eigenvalue weighted by molar-refractivity contribution is 0.242. The van der Waals surface area contributed by atoms with Gasteiger partial charge in [-0.2, -0.15) is 11.8 Å². The Balaban J connectivity index is 1.34. The van der Waals surface area contributed by atoms with Crippen molar-refractivity contribution in [2.24, 2.45) is 4.99 Å². The number of guanidine groups is 1. The van der Waals surface area contributed by atoms with Crippen molar-refractivity contribution in [2.75, 3.05) is 57.8 Å². The van der Waals surface area contributed by atoms with Gasteiger partial charge in [-0.1, -0.05) is 12.8 Å². The maximum absolute atomic E-state index is 4.41. The van der Waals surface area contributed by atoms with E-state index in [9.17, 15) is 0 Å². The largest absolute Gasteiger partial charge is 0.355 e. The second kappa shape index (κ2) is 9.14. The zero-order valence-corrected chi connectivity index (χ0v) is 15.4. The molecule has 2 N–H and O–H groups in total. The third-order valence-corrected chi connectivity index (χ3v) is 6.39. The van der Waals surface area contributed by atoms with Crippen LogP contribution in [0.25, 0.3) is 0 Å². The average Bonchev–Trinajstić information content (AvgIpc) is 3.26. The summed E-state index contributed by atoms with van der Waals surface area (Å²) in [7, 11) is 1.89. The highest BCUT2D eigenvalue weighted by Gasteiger charge is 2.30. The molecule has 0 radical (unpaired) electrons. The first-order valence-electron chi connectivity index (χ1n) is 9.36. The van der Waals surface area contributed by atoms with Gasteiger partial charge in [-0.15, -0.1) is 0 Å². The highest BCUT2D eigenvalue weighted by Crippen LogP contribution is 2.26. The van der Waals surface area contributed by atoms with E-state index < -0.39 is 0 Å². The van der Waals surface area contributed by atoms with E-state index in [-0.39, 0.29) is 0 Å². The van der Waals surface area contributed by atoms with Gasteiger partial charge in [0.1, 0.15) is 0 Å². The molecule has 2 aliphatic heterocycles. The van der Waals surface area contributed by atoms with Gasteiger partial charge in [-0.25, -0.2) is 0 Å². The molecule has 0 aromatic rings. The van der Waals surface area contributed by atoms with Gasteiger partial charge < -0.3 is 10.6 Å². The van der Waals surface area contributed by atoms with E-state index in [0.717, 1.165) is 25.1 Å². The molecule has 132 valence electrons. The second-order valence-corrected chi connectivity index (χ2v) is 8.24. The molecule has 0 aromatic heterocycles. The van der Waals surface area contributed by atoms with Gasteiger partial charge >= 0.3 is 0 Å². The first-order chi connectivity index (χ1) is 11.3. The molecule has 0 aromatic carbocycles. The summed E-state index contributed by atoms with van der Waals surface area (Å²) in [6.45, 7) is 7.03. The van der Waals surface area contributed by atoms with Crippen LogP contribution < -0.4 is 10.6 Å². The maximum Gasteiger partial charge on any atom is 0.191 e. The number of hydrogen-bond donors (Lipinski definition) is 2. The molecule has 5 nitrogen and oxygen atoms in total. The molecule has 6 heteroatoms. The van der Waals surface area contributed by atoms with E-state index >= 15 is 0 Å². The minimum atomic E-state index is 0.563. The standard InChI is InChI=1S/C17H33N5S/c1-18-17(19-7-9-21-10-12-23-13-11-21)20-15-6-8-22(14-15)16-4-2-3-5-16/h15-16H,2-14H2,1H3,(H2,18,19,20). The molecule has 1 saturated carbocycles. The van der Waals surface area contributed by atoms with Crippen molar-refractivity contribution in [1.29, 1.82) is 0 Å². The van der Waals surface area contributed by atoms with Crippen LogP contribution in [0, 0.1) is 0 Å². The van der Waals surface area contributed by atoms with Crippen LogP contribution in [0.4, 0.5) is 0 Å². The molecule has 1 atom stereocenters. The normalized spacial score (nSPS) is 28.4. The quantitative estimate of drug-likeness (QED) is 0.582.